The molecule has 32 heavy (non-hydrogen) atoms. The normalized spacial score (nSPS) is 16.7. The van der Waals surface area contributed by atoms with Crippen molar-refractivity contribution in [3.63, 3.8) is 0 Å². The van der Waals surface area contributed by atoms with Crippen LogP contribution in [0, 0.1) is 0 Å². The summed E-state index contributed by atoms with van der Waals surface area (Å²) in [6.07, 6.45) is 4.60. The Labute approximate surface area is 185 Å². The molecule has 2 amide bonds. The first-order valence-electron chi connectivity index (χ1n) is 10.8. The number of benzene rings is 1. The molecular weight excluding hydrogens is 412 g/mol. The molecule has 170 valence electrons. The van der Waals surface area contributed by atoms with E-state index in [1.165, 1.54) is 4.90 Å². The molecule has 1 aromatic carbocycles. The van der Waals surface area contributed by atoms with Gasteiger partial charge in [-0.15, -0.1) is 0 Å². The van der Waals surface area contributed by atoms with Gasteiger partial charge in [0.05, 0.1) is 23.3 Å². The number of aliphatic hydroxyl groups is 1. The van der Waals surface area contributed by atoms with Crippen LogP contribution >= 0.6 is 0 Å². The number of aromatic nitrogens is 4. The molecule has 3 heterocycles. The number of imidazole rings is 1. The van der Waals surface area contributed by atoms with E-state index in [9.17, 15) is 19.8 Å². The molecule has 10 heteroatoms. The van der Waals surface area contributed by atoms with Crippen molar-refractivity contribution in [1.29, 1.82) is 0 Å². The van der Waals surface area contributed by atoms with E-state index in [0.717, 1.165) is 28.8 Å². The van der Waals surface area contributed by atoms with Crippen LogP contribution in [0.4, 0.5) is 10.5 Å². The number of nitrogens with zero attached hydrogens (tertiary/aromatic N) is 5. The van der Waals surface area contributed by atoms with Crippen molar-refractivity contribution in [1.82, 2.24) is 24.6 Å². The third-order valence-corrected chi connectivity index (χ3v) is 5.91. The summed E-state index contributed by atoms with van der Waals surface area (Å²) < 4.78 is 3.68. The number of nitrogens with one attached hydrogen (secondary N) is 1. The van der Waals surface area contributed by atoms with E-state index in [1.807, 2.05) is 35.9 Å². The Hall–Kier alpha value is -3.40. The van der Waals surface area contributed by atoms with E-state index >= 15 is 0 Å². The summed E-state index contributed by atoms with van der Waals surface area (Å²) in [6.45, 7) is 4.17. The van der Waals surface area contributed by atoms with Crippen molar-refractivity contribution in [2.24, 2.45) is 0 Å². The van der Waals surface area contributed by atoms with E-state index in [2.05, 4.69) is 10.4 Å². The van der Waals surface area contributed by atoms with Crippen molar-refractivity contribution in [3.05, 3.63) is 42.0 Å². The lowest BCUT2D eigenvalue weighted by Gasteiger charge is -2.33. The van der Waals surface area contributed by atoms with E-state index in [4.69, 9.17) is 4.98 Å². The fourth-order valence-corrected chi connectivity index (χ4v) is 4.29. The largest absolute Gasteiger partial charge is 0.465 e. The average molecular weight is 441 g/mol. The molecule has 0 radical (unpaired) electrons. The summed E-state index contributed by atoms with van der Waals surface area (Å²) in [4.78, 5) is 30.7. The minimum Gasteiger partial charge on any atom is -0.465 e. The van der Waals surface area contributed by atoms with Crippen LogP contribution in [0.1, 0.15) is 31.7 Å². The van der Waals surface area contributed by atoms with Crippen LogP contribution in [0.3, 0.4) is 0 Å². The first kappa shape index (κ1) is 21.8. The fraction of sp³-hybridized carbons (Fsp3) is 0.455. The average Bonchev–Trinajstić information content (AvgIpc) is 3.39. The summed E-state index contributed by atoms with van der Waals surface area (Å²) in [7, 11) is 0. The van der Waals surface area contributed by atoms with Gasteiger partial charge in [-0.25, -0.2) is 9.78 Å². The van der Waals surface area contributed by atoms with Gasteiger partial charge in [-0.3, -0.25) is 14.4 Å². The van der Waals surface area contributed by atoms with Crippen LogP contribution in [-0.4, -0.2) is 60.2 Å². The molecule has 0 bridgehead atoms. The smallest absolute Gasteiger partial charge is 0.412 e. The molecule has 1 unspecified atom stereocenters. The van der Waals surface area contributed by atoms with Gasteiger partial charge in [0.2, 0.25) is 5.91 Å². The highest BCUT2D eigenvalue weighted by Crippen LogP contribution is 2.36. The van der Waals surface area contributed by atoms with E-state index in [-0.39, 0.29) is 31.1 Å². The minimum atomic E-state index is -0.978. The van der Waals surface area contributed by atoms with Gasteiger partial charge in [0.15, 0.2) is 0 Å². The minimum absolute atomic E-state index is 0.0626. The van der Waals surface area contributed by atoms with E-state index < -0.39 is 6.09 Å². The number of rotatable bonds is 7. The Morgan fingerprint density at radius 2 is 2.16 bits per heavy atom. The summed E-state index contributed by atoms with van der Waals surface area (Å²) in [5, 5.41) is 26.0. The zero-order valence-corrected chi connectivity index (χ0v) is 18.2. The number of amides is 2. The third kappa shape index (κ3) is 4.18. The summed E-state index contributed by atoms with van der Waals surface area (Å²) in [6, 6.07) is 5.05. The van der Waals surface area contributed by atoms with Gasteiger partial charge in [-0.1, -0.05) is 0 Å². The van der Waals surface area contributed by atoms with Gasteiger partial charge >= 0.3 is 6.09 Å². The molecule has 0 saturated carbocycles. The lowest BCUT2D eigenvalue weighted by molar-refractivity contribution is -0.122. The van der Waals surface area contributed by atoms with Crippen LogP contribution in [-0.2, 0) is 30.7 Å². The molecule has 10 nitrogen and oxygen atoms in total. The first-order chi connectivity index (χ1) is 15.4. The van der Waals surface area contributed by atoms with Gasteiger partial charge in [-0.05, 0) is 44.9 Å². The van der Waals surface area contributed by atoms with E-state index in [0.29, 0.717) is 25.1 Å². The molecule has 2 atom stereocenters. The Morgan fingerprint density at radius 3 is 2.84 bits per heavy atom. The zero-order chi connectivity index (χ0) is 22.8. The number of aliphatic hydroxyl groups excluding tert-OH is 1. The number of aryl methyl sites for hydroxylation is 3. The number of carbonyl (C=O) groups excluding carboxylic acids is 1. The number of hydrogen-bond acceptors (Lipinski definition) is 5. The lowest BCUT2D eigenvalue weighted by Crippen LogP contribution is -2.41. The van der Waals surface area contributed by atoms with Crippen LogP contribution in [0.2, 0.25) is 0 Å². The molecule has 2 aromatic heterocycles. The maximum absolute atomic E-state index is 12.6. The van der Waals surface area contributed by atoms with E-state index in [1.54, 1.807) is 17.8 Å². The predicted molar refractivity (Wildman–Crippen MR) is 119 cm³/mol. The van der Waals surface area contributed by atoms with Crippen LogP contribution in [0.5, 0.6) is 0 Å². The van der Waals surface area contributed by atoms with Gasteiger partial charge < -0.3 is 20.1 Å². The van der Waals surface area contributed by atoms with Gasteiger partial charge in [-0.2, -0.15) is 5.10 Å². The molecule has 0 fully saturated rings. The number of anilines is 1. The van der Waals surface area contributed by atoms with Crippen molar-refractivity contribution in [3.8, 4) is 0 Å². The third-order valence-electron chi connectivity index (χ3n) is 5.91. The molecule has 0 aliphatic carbocycles. The second-order valence-corrected chi connectivity index (χ2v) is 8.26. The maximum Gasteiger partial charge on any atom is 0.412 e. The van der Waals surface area contributed by atoms with Crippen molar-refractivity contribution >= 4 is 28.7 Å². The SMILES string of the molecule is CC(CO)NC(=O)Cn1c(CCn2cccn2)nc2c3c(ccc21)N(C(=O)O)[C@@H](C)CC3. The standard InChI is InChI=1S/C22H28N6O4/c1-14(13-29)24-20(30)12-27-18-7-6-17-16(5-4-15(2)28(17)22(31)32)21(18)25-19(27)8-11-26-10-3-9-23-26/h3,6-7,9-10,14-15,29H,4-5,8,11-13H2,1-2H3,(H,24,30)(H,31,32)/t14?,15-/m0/s1. The highest BCUT2D eigenvalue weighted by Gasteiger charge is 2.30. The number of carboxylic acid groups (broad SMARTS) is 1. The topological polar surface area (TPSA) is 126 Å². The highest BCUT2D eigenvalue weighted by molar-refractivity contribution is 5.95. The first-order valence-corrected chi connectivity index (χ1v) is 10.8. The monoisotopic (exact) mass is 440 g/mol. The van der Waals surface area contributed by atoms with Crippen LogP contribution < -0.4 is 10.2 Å². The second-order valence-electron chi connectivity index (χ2n) is 8.26. The number of fused-ring (bicyclic) bond motifs is 3. The predicted octanol–water partition coefficient (Wildman–Crippen LogP) is 1.79. The lowest BCUT2D eigenvalue weighted by atomic mass is 9.96. The molecule has 0 saturated heterocycles. The van der Waals surface area contributed by atoms with Gasteiger partial charge in [0.25, 0.3) is 0 Å². The highest BCUT2D eigenvalue weighted by atomic mass is 16.4. The molecule has 0 spiro atoms. The Morgan fingerprint density at radius 1 is 1.34 bits per heavy atom. The summed E-state index contributed by atoms with van der Waals surface area (Å²) in [5.41, 5.74) is 3.08. The Kier molecular flexibility index (Phi) is 6.13. The number of hydrogen-bond donors (Lipinski definition) is 3. The quantitative estimate of drug-likeness (QED) is 0.514. The molecule has 1 aliphatic heterocycles. The Balaban J connectivity index is 1.75. The van der Waals surface area contributed by atoms with Crippen molar-refractivity contribution in [2.75, 3.05) is 11.5 Å². The van der Waals surface area contributed by atoms with Crippen LogP contribution in [0.25, 0.3) is 11.0 Å². The van der Waals surface area contributed by atoms with Crippen molar-refractivity contribution in [2.45, 2.75) is 58.3 Å². The molecule has 4 rings (SSSR count). The maximum atomic E-state index is 12.6. The summed E-state index contributed by atoms with van der Waals surface area (Å²) >= 11 is 0. The Bertz CT molecular complexity index is 1120. The zero-order valence-electron chi connectivity index (χ0n) is 18.2. The molecule has 3 N–H and O–H groups in total. The molecule has 1 aliphatic rings. The fourth-order valence-electron chi connectivity index (χ4n) is 4.29. The van der Waals surface area contributed by atoms with Gasteiger partial charge in [0.1, 0.15) is 12.4 Å². The molecular formula is C22H28N6O4. The molecule has 3 aromatic rings. The summed E-state index contributed by atoms with van der Waals surface area (Å²) in [5.74, 6) is 0.515. The van der Waals surface area contributed by atoms with Gasteiger partial charge in [0, 0.05) is 43.0 Å². The second kappa shape index (κ2) is 8.99. The number of carbonyl (C=O) groups is 2. The van der Waals surface area contributed by atoms with Crippen LogP contribution in [0.15, 0.2) is 30.6 Å². The van der Waals surface area contributed by atoms with Crippen molar-refractivity contribution < 1.29 is 19.8 Å².